The standard InChI is InChI=1S/C15H16ClFN2O/c1-10-2-5-15(14(19-10)6-7-18)20-9-11-3-4-12(16)13(17)8-11/h2-5,8H,6-7,9,18H2,1H3. The van der Waals surface area contributed by atoms with Crippen LogP contribution in [-0.2, 0) is 13.0 Å². The molecule has 0 fully saturated rings. The maximum Gasteiger partial charge on any atom is 0.142 e. The molecule has 0 atom stereocenters. The molecule has 106 valence electrons. The van der Waals surface area contributed by atoms with Crippen molar-refractivity contribution in [3.8, 4) is 5.75 Å². The minimum atomic E-state index is -0.447. The Bertz CT molecular complexity index is 604. The van der Waals surface area contributed by atoms with Gasteiger partial charge in [-0.15, -0.1) is 0 Å². The van der Waals surface area contributed by atoms with Crippen molar-refractivity contribution in [3.05, 3.63) is 58.1 Å². The first-order valence-electron chi connectivity index (χ1n) is 6.33. The third-order valence-electron chi connectivity index (χ3n) is 2.83. The minimum Gasteiger partial charge on any atom is -0.487 e. The summed E-state index contributed by atoms with van der Waals surface area (Å²) in [7, 11) is 0. The van der Waals surface area contributed by atoms with E-state index in [0.717, 1.165) is 11.4 Å². The van der Waals surface area contributed by atoms with E-state index in [4.69, 9.17) is 22.1 Å². The van der Waals surface area contributed by atoms with Crippen molar-refractivity contribution in [2.24, 2.45) is 5.73 Å². The summed E-state index contributed by atoms with van der Waals surface area (Å²) in [5, 5.41) is 0.106. The van der Waals surface area contributed by atoms with Gasteiger partial charge in [-0.2, -0.15) is 0 Å². The lowest BCUT2D eigenvalue weighted by Crippen LogP contribution is -2.08. The van der Waals surface area contributed by atoms with Gasteiger partial charge in [0, 0.05) is 12.1 Å². The molecular formula is C15H16ClFN2O. The lowest BCUT2D eigenvalue weighted by Gasteiger charge is -2.11. The van der Waals surface area contributed by atoms with Gasteiger partial charge in [-0.3, -0.25) is 4.98 Å². The third kappa shape index (κ3) is 3.68. The van der Waals surface area contributed by atoms with Gasteiger partial charge >= 0.3 is 0 Å². The maximum absolute atomic E-state index is 13.3. The molecule has 1 aromatic heterocycles. The van der Waals surface area contributed by atoms with Crippen molar-refractivity contribution in [3.63, 3.8) is 0 Å². The molecule has 2 N–H and O–H groups in total. The molecule has 1 heterocycles. The number of benzene rings is 1. The van der Waals surface area contributed by atoms with Gasteiger partial charge in [-0.05, 0) is 43.3 Å². The fourth-order valence-electron chi connectivity index (χ4n) is 1.84. The van der Waals surface area contributed by atoms with E-state index in [2.05, 4.69) is 4.98 Å². The van der Waals surface area contributed by atoms with Crippen molar-refractivity contribution in [1.82, 2.24) is 4.98 Å². The second-order valence-electron chi connectivity index (χ2n) is 4.47. The SMILES string of the molecule is Cc1ccc(OCc2ccc(Cl)c(F)c2)c(CCN)n1. The van der Waals surface area contributed by atoms with Crippen LogP contribution in [0, 0.1) is 12.7 Å². The molecule has 0 amide bonds. The van der Waals surface area contributed by atoms with Crippen molar-refractivity contribution >= 4 is 11.6 Å². The Hall–Kier alpha value is -1.65. The topological polar surface area (TPSA) is 48.1 Å². The van der Waals surface area contributed by atoms with Gasteiger partial charge in [-0.1, -0.05) is 17.7 Å². The zero-order valence-electron chi connectivity index (χ0n) is 11.2. The van der Waals surface area contributed by atoms with Crippen LogP contribution in [0.2, 0.25) is 5.02 Å². The Kier molecular flexibility index (Phi) is 4.93. The highest BCUT2D eigenvalue weighted by Gasteiger charge is 2.07. The highest BCUT2D eigenvalue weighted by Crippen LogP contribution is 2.20. The molecule has 0 aliphatic heterocycles. The fraction of sp³-hybridized carbons (Fsp3) is 0.267. The number of aromatic nitrogens is 1. The molecule has 0 bridgehead atoms. The number of nitrogens with zero attached hydrogens (tertiary/aromatic N) is 1. The third-order valence-corrected chi connectivity index (χ3v) is 3.14. The molecule has 5 heteroatoms. The molecule has 20 heavy (non-hydrogen) atoms. The summed E-state index contributed by atoms with van der Waals surface area (Å²) >= 11 is 5.64. The van der Waals surface area contributed by atoms with Crippen LogP contribution in [0.15, 0.2) is 30.3 Å². The van der Waals surface area contributed by atoms with Crippen LogP contribution in [0.25, 0.3) is 0 Å². The lowest BCUT2D eigenvalue weighted by molar-refractivity contribution is 0.300. The number of pyridine rings is 1. The first-order chi connectivity index (χ1) is 9.60. The average molecular weight is 295 g/mol. The monoisotopic (exact) mass is 294 g/mol. The van der Waals surface area contributed by atoms with Gasteiger partial charge in [0.25, 0.3) is 0 Å². The van der Waals surface area contributed by atoms with E-state index in [1.165, 1.54) is 12.1 Å². The van der Waals surface area contributed by atoms with Gasteiger partial charge in [0.15, 0.2) is 0 Å². The summed E-state index contributed by atoms with van der Waals surface area (Å²) in [6.45, 7) is 2.68. The average Bonchev–Trinajstić information content (AvgIpc) is 2.42. The largest absolute Gasteiger partial charge is 0.487 e. The van der Waals surface area contributed by atoms with E-state index in [1.807, 2.05) is 19.1 Å². The van der Waals surface area contributed by atoms with E-state index in [0.29, 0.717) is 24.3 Å². The molecule has 0 radical (unpaired) electrons. The molecule has 0 aliphatic carbocycles. The Morgan fingerprint density at radius 1 is 1.30 bits per heavy atom. The van der Waals surface area contributed by atoms with Crippen LogP contribution in [0.3, 0.4) is 0 Å². The van der Waals surface area contributed by atoms with Crippen LogP contribution in [0.1, 0.15) is 17.0 Å². The Morgan fingerprint density at radius 2 is 2.10 bits per heavy atom. The zero-order valence-corrected chi connectivity index (χ0v) is 12.0. The summed E-state index contributed by atoms with van der Waals surface area (Å²) in [6, 6.07) is 8.35. The molecule has 1 aromatic carbocycles. The van der Waals surface area contributed by atoms with Crippen molar-refractivity contribution in [2.75, 3.05) is 6.54 Å². The molecule has 0 unspecified atom stereocenters. The van der Waals surface area contributed by atoms with Crippen molar-refractivity contribution in [2.45, 2.75) is 20.0 Å². The molecule has 0 saturated carbocycles. The van der Waals surface area contributed by atoms with Gasteiger partial charge in [-0.25, -0.2) is 4.39 Å². The van der Waals surface area contributed by atoms with E-state index in [1.54, 1.807) is 6.07 Å². The number of nitrogens with two attached hydrogens (primary N) is 1. The number of ether oxygens (including phenoxy) is 1. The quantitative estimate of drug-likeness (QED) is 0.921. The summed E-state index contributed by atoms with van der Waals surface area (Å²) < 4.78 is 19.0. The zero-order chi connectivity index (χ0) is 14.5. The molecule has 3 nitrogen and oxygen atoms in total. The maximum atomic E-state index is 13.3. The molecule has 0 aliphatic rings. The number of aryl methyl sites for hydroxylation is 1. The van der Waals surface area contributed by atoms with Crippen LogP contribution < -0.4 is 10.5 Å². The normalized spacial score (nSPS) is 10.6. The lowest BCUT2D eigenvalue weighted by atomic mass is 10.2. The molecule has 0 saturated heterocycles. The summed E-state index contributed by atoms with van der Waals surface area (Å²) in [5.74, 6) is 0.230. The molecule has 2 rings (SSSR count). The number of hydrogen-bond donors (Lipinski definition) is 1. The first-order valence-corrected chi connectivity index (χ1v) is 6.71. The summed E-state index contributed by atoms with van der Waals surface area (Å²) in [6.07, 6.45) is 0.645. The smallest absolute Gasteiger partial charge is 0.142 e. The van der Waals surface area contributed by atoms with Gasteiger partial charge in [0.1, 0.15) is 18.2 Å². The Balaban J connectivity index is 2.11. The Labute approximate surface area is 122 Å². The molecule has 2 aromatic rings. The van der Waals surface area contributed by atoms with Gasteiger partial charge in [0.05, 0.1) is 10.7 Å². The van der Waals surface area contributed by atoms with Crippen LogP contribution >= 0.6 is 11.6 Å². The van der Waals surface area contributed by atoms with E-state index >= 15 is 0 Å². The van der Waals surface area contributed by atoms with Crippen molar-refractivity contribution < 1.29 is 9.13 Å². The number of rotatable bonds is 5. The fourth-order valence-corrected chi connectivity index (χ4v) is 1.95. The van der Waals surface area contributed by atoms with Crippen molar-refractivity contribution in [1.29, 1.82) is 0 Å². The van der Waals surface area contributed by atoms with Crippen LogP contribution in [-0.4, -0.2) is 11.5 Å². The van der Waals surface area contributed by atoms with E-state index in [-0.39, 0.29) is 11.6 Å². The van der Waals surface area contributed by atoms with Crippen LogP contribution in [0.4, 0.5) is 4.39 Å². The predicted molar refractivity (Wildman–Crippen MR) is 77.5 cm³/mol. The second kappa shape index (κ2) is 6.68. The molecular weight excluding hydrogens is 279 g/mol. The minimum absolute atomic E-state index is 0.106. The van der Waals surface area contributed by atoms with Gasteiger partial charge < -0.3 is 10.5 Å². The van der Waals surface area contributed by atoms with Gasteiger partial charge in [0.2, 0.25) is 0 Å². The second-order valence-corrected chi connectivity index (χ2v) is 4.88. The summed E-state index contributed by atoms with van der Waals surface area (Å²) in [4.78, 5) is 4.41. The predicted octanol–water partition coefficient (Wildman–Crippen LogP) is 3.26. The summed E-state index contributed by atoms with van der Waals surface area (Å²) in [5.41, 5.74) is 8.01. The molecule has 0 spiro atoms. The first kappa shape index (κ1) is 14.8. The Morgan fingerprint density at radius 3 is 2.80 bits per heavy atom. The number of halogens is 2. The highest BCUT2D eigenvalue weighted by molar-refractivity contribution is 6.30. The highest BCUT2D eigenvalue weighted by atomic mass is 35.5. The van der Waals surface area contributed by atoms with E-state index in [9.17, 15) is 4.39 Å². The number of hydrogen-bond acceptors (Lipinski definition) is 3. The van der Waals surface area contributed by atoms with E-state index < -0.39 is 5.82 Å². The van der Waals surface area contributed by atoms with Crippen LogP contribution in [0.5, 0.6) is 5.75 Å².